The number of nitrogens with zero attached hydrogens (tertiary/aromatic N) is 3. The topological polar surface area (TPSA) is 87.1 Å². The number of hydrogen-bond donors (Lipinski definition) is 1. The molecule has 1 saturated carbocycles. The normalized spacial score (nSPS) is 30.5. The highest BCUT2D eigenvalue weighted by Gasteiger charge is 2.44. The lowest BCUT2D eigenvalue weighted by atomic mass is 9.71. The quantitative estimate of drug-likeness (QED) is 0.264. The fraction of sp³-hybridized carbons (Fsp3) is 0.923. The van der Waals surface area contributed by atoms with Crippen molar-refractivity contribution in [2.24, 2.45) is 17.0 Å². The zero-order valence-corrected chi connectivity index (χ0v) is 12.1. The van der Waals surface area contributed by atoms with Crippen molar-refractivity contribution in [3.8, 4) is 0 Å². The largest absolute Gasteiger partial charge is 0.465 e. The van der Waals surface area contributed by atoms with Gasteiger partial charge in [-0.05, 0) is 43.6 Å². The van der Waals surface area contributed by atoms with Gasteiger partial charge in [-0.15, -0.1) is 0 Å². The third-order valence-electron chi connectivity index (χ3n) is 3.60. The van der Waals surface area contributed by atoms with E-state index in [1.54, 1.807) is 0 Å². The second kappa shape index (κ2) is 7.36. The van der Waals surface area contributed by atoms with Crippen LogP contribution in [0.1, 0.15) is 40.0 Å². The van der Waals surface area contributed by atoms with E-state index in [0.717, 1.165) is 19.3 Å². The molecule has 1 aliphatic rings. The van der Waals surface area contributed by atoms with E-state index >= 15 is 0 Å². The maximum Gasteiger partial charge on any atom is 0.326 e. The Labute approximate surface area is 114 Å². The number of ether oxygens (including phenoxy) is 1. The zero-order chi connectivity index (χ0) is 14.3. The van der Waals surface area contributed by atoms with Gasteiger partial charge in [-0.1, -0.05) is 19.0 Å². The van der Waals surface area contributed by atoms with Crippen molar-refractivity contribution < 1.29 is 9.53 Å². The van der Waals surface area contributed by atoms with Gasteiger partial charge in [-0.25, -0.2) is 0 Å². The van der Waals surface area contributed by atoms with Gasteiger partial charge in [0, 0.05) is 18.0 Å². The molecule has 2 atom stereocenters. The summed E-state index contributed by atoms with van der Waals surface area (Å²) in [5, 5.41) is 6.77. The molecule has 0 aliphatic heterocycles. The molecule has 6 heteroatoms. The first-order chi connectivity index (χ1) is 9.04. The van der Waals surface area contributed by atoms with Gasteiger partial charge in [-0.3, -0.25) is 4.79 Å². The minimum absolute atomic E-state index is 0.172. The Morgan fingerprint density at radius 2 is 2.11 bits per heavy atom. The Morgan fingerprint density at radius 1 is 1.47 bits per heavy atom. The minimum Gasteiger partial charge on any atom is -0.465 e. The monoisotopic (exact) mass is 268 g/mol. The van der Waals surface area contributed by atoms with Crippen LogP contribution in [-0.4, -0.2) is 31.2 Å². The molecule has 0 aromatic rings. The molecule has 2 unspecified atom stereocenters. The van der Waals surface area contributed by atoms with Crippen LogP contribution in [0.3, 0.4) is 0 Å². The molecule has 0 spiro atoms. The summed E-state index contributed by atoms with van der Waals surface area (Å²) >= 11 is 0. The lowest BCUT2D eigenvalue weighted by Gasteiger charge is -2.41. The standard InChI is InChI=1S/C13H24N4O2/c1-4-19-12(18)13(15-5-6-16-17-14)8-10(2)7-11(3)9-13/h10-11,15H,4-9H2,1-3H3. The minimum atomic E-state index is -0.613. The lowest BCUT2D eigenvalue weighted by molar-refractivity contribution is -0.154. The molecule has 0 aromatic carbocycles. The third kappa shape index (κ3) is 4.40. The molecule has 108 valence electrons. The van der Waals surface area contributed by atoms with Crippen LogP contribution in [0.15, 0.2) is 5.11 Å². The van der Waals surface area contributed by atoms with Crippen molar-refractivity contribution >= 4 is 5.97 Å². The molecular weight excluding hydrogens is 244 g/mol. The molecule has 0 amide bonds. The van der Waals surface area contributed by atoms with E-state index in [0.29, 0.717) is 31.5 Å². The summed E-state index contributed by atoms with van der Waals surface area (Å²) in [5.41, 5.74) is 7.67. The number of hydrogen-bond acceptors (Lipinski definition) is 4. The highest BCUT2D eigenvalue weighted by molar-refractivity contribution is 5.81. The van der Waals surface area contributed by atoms with Gasteiger partial charge in [-0.2, -0.15) is 0 Å². The van der Waals surface area contributed by atoms with Crippen molar-refractivity contribution in [1.29, 1.82) is 0 Å². The molecule has 0 heterocycles. The zero-order valence-electron chi connectivity index (χ0n) is 12.1. The Hall–Kier alpha value is -1.26. The van der Waals surface area contributed by atoms with E-state index in [1.807, 2.05) is 6.92 Å². The lowest BCUT2D eigenvalue weighted by Crippen LogP contribution is -2.57. The first-order valence-corrected chi connectivity index (χ1v) is 6.97. The molecule has 0 saturated heterocycles. The van der Waals surface area contributed by atoms with E-state index in [2.05, 4.69) is 29.2 Å². The van der Waals surface area contributed by atoms with Gasteiger partial charge in [0.25, 0.3) is 0 Å². The number of azide groups is 1. The molecule has 1 N–H and O–H groups in total. The third-order valence-corrected chi connectivity index (χ3v) is 3.60. The van der Waals surface area contributed by atoms with E-state index in [1.165, 1.54) is 0 Å². The summed E-state index contributed by atoms with van der Waals surface area (Å²) in [5.74, 6) is 0.801. The average molecular weight is 268 g/mol. The Morgan fingerprint density at radius 3 is 2.63 bits per heavy atom. The van der Waals surface area contributed by atoms with Crippen molar-refractivity contribution in [2.45, 2.75) is 45.6 Å². The summed E-state index contributed by atoms with van der Waals surface area (Å²) in [6.07, 6.45) is 2.71. The first-order valence-electron chi connectivity index (χ1n) is 6.97. The van der Waals surface area contributed by atoms with Crippen LogP contribution in [-0.2, 0) is 9.53 Å². The number of esters is 1. The molecule has 19 heavy (non-hydrogen) atoms. The van der Waals surface area contributed by atoms with E-state index in [4.69, 9.17) is 10.3 Å². The second-order valence-electron chi connectivity index (χ2n) is 5.54. The highest BCUT2D eigenvalue weighted by atomic mass is 16.5. The maximum absolute atomic E-state index is 12.3. The van der Waals surface area contributed by atoms with Crippen LogP contribution >= 0.6 is 0 Å². The average Bonchev–Trinajstić information content (AvgIpc) is 2.34. The summed E-state index contributed by atoms with van der Waals surface area (Å²) in [6.45, 7) is 7.39. The van der Waals surface area contributed by atoms with Gasteiger partial charge in [0.05, 0.1) is 6.61 Å². The summed E-state index contributed by atoms with van der Waals surface area (Å²) in [7, 11) is 0. The van der Waals surface area contributed by atoms with Crippen LogP contribution < -0.4 is 5.32 Å². The number of rotatable bonds is 6. The fourth-order valence-corrected chi connectivity index (χ4v) is 3.17. The summed E-state index contributed by atoms with van der Waals surface area (Å²) in [4.78, 5) is 15.0. The van der Waals surface area contributed by atoms with Gasteiger partial charge in [0.15, 0.2) is 0 Å². The predicted octanol–water partition coefficient (Wildman–Crippen LogP) is 2.64. The van der Waals surface area contributed by atoms with Crippen LogP contribution in [0.5, 0.6) is 0 Å². The Balaban J connectivity index is 2.76. The second-order valence-corrected chi connectivity index (χ2v) is 5.54. The van der Waals surface area contributed by atoms with Crippen LogP contribution in [0.2, 0.25) is 0 Å². The van der Waals surface area contributed by atoms with E-state index in [-0.39, 0.29) is 5.97 Å². The maximum atomic E-state index is 12.3. The first kappa shape index (κ1) is 15.8. The van der Waals surface area contributed by atoms with Crippen molar-refractivity contribution in [3.63, 3.8) is 0 Å². The van der Waals surface area contributed by atoms with Gasteiger partial charge in [0.2, 0.25) is 0 Å². The van der Waals surface area contributed by atoms with Crippen molar-refractivity contribution in [2.75, 3.05) is 19.7 Å². The van der Waals surface area contributed by atoms with Crippen molar-refractivity contribution in [1.82, 2.24) is 5.32 Å². The molecule has 0 bridgehead atoms. The number of carbonyl (C=O) groups is 1. The molecule has 1 rings (SSSR count). The molecule has 1 aliphatic carbocycles. The number of carbonyl (C=O) groups excluding carboxylic acids is 1. The van der Waals surface area contributed by atoms with Crippen LogP contribution in [0.25, 0.3) is 10.4 Å². The molecule has 1 fully saturated rings. The van der Waals surface area contributed by atoms with E-state index < -0.39 is 5.54 Å². The van der Waals surface area contributed by atoms with Gasteiger partial charge in [0.1, 0.15) is 5.54 Å². The molecule has 0 radical (unpaired) electrons. The summed E-state index contributed by atoms with van der Waals surface area (Å²) in [6, 6.07) is 0. The van der Waals surface area contributed by atoms with E-state index in [9.17, 15) is 4.79 Å². The Bertz CT molecular complexity index is 343. The van der Waals surface area contributed by atoms with Crippen molar-refractivity contribution in [3.05, 3.63) is 10.4 Å². The SMILES string of the molecule is CCOC(=O)C1(NCCN=[N+]=[N-])CC(C)CC(C)C1. The molecular formula is C13H24N4O2. The predicted molar refractivity (Wildman–Crippen MR) is 73.6 cm³/mol. The van der Waals surface area contributed by atoms with Crippen LogP contribution in [0, 0.1) is 11.8 Å². The smallest absolute Gasteiger partial charge is 0.326 e. The number of nitrogens with one attached hydrogen (secondary N) is 1. The molecule has 0 aromatic heterocycles. The Kier molecular flexibility index (Phi) is 6.12. The highest BCUT2D eigenvalue weighted by Crippen LogP contribution is 2.36. The van der Waals surface area contributed by atoms with Gasteiger partial charge >= 0.3 is 5.97 Å². The van der Waals surface area contributed by atoms with Gasteiger partial charge < -0.3 is 10.1 Å². The summed E-state index contributed by atoms with van der Waals surface area (Å²) < 4.78 is 5.23. The molecule has 6 nitrogen and oxygen atoms in total. The fourth-order valence-electron chi connectivity index (χ4n) is 3.17. The van der Waals surface area contributed by atoms with Crippen LogP contribution in [0.4, 0.5) is 0 Å².